The van der Waals surface area contributed by atoms with Crippen LogP contribution in [0.1, 0.15) is 64.4 Å². The Morgan fingerprint density at radius 1 is 1.19 bits per heavy atom. The zero-order chi connectivity index (χ0) is 22.4. The summed E-state index contributed by atoms with van der Waals surface area (Å²) in [6.07, 6.45) is 4.44. The third-order valence-corrected chi connectivity index (χ3v) is 5.85. The molecule has 1 heterocycles. The van der Waals surface area contributed by atoms with Gasteiger partial charge in [0.25, 0.3) is 0 Å². The van der Waals surface area contributed by atoms with Gasteiger partial charge in [-0.2, -0.15) is 0 Å². The van der Waals surface area contributed by atoms with Gasteiger partial charge in [-0.25, -0.2) is 4.98 Å². The minimum Gasteiger partial charge on any atom is -0.436 e. The number of halogens is 1. The van der Waals surface area contributed by atoms with E-state index in [0.29, 0.717) is 28.9 Å². The highest BCUT2D eigenvalue weighted by Gasteiger charge is 2.13. The van der Waals surface area contributed by atoms with Crippen molar-refractivity contribution < 1.29 is 9.21 Å². The number of benzene rings is 2. The van der Waals surface area contributed by atoms with Crippen LogP contribution in [0, 0.1) is 0 Å². The summed E-state index contributed by atoms with van der Waals surface area (Å²) in [7, 11) is 0. The number of thiocarbonyl (C=S) groups is 1. The second-order valence-electron chi connectivity index (χ2n) is 7.71. The molecule has 0 aliphatic heterocycles. The Labute approximate surface area is 193 Å². The van der Waals surface area contributed by atoms with Crippen LogP contribution in [0.5, 0.6) is 0 Å². The minimum atomic E-state index is -0.103. The van der Waals surface area contributed by atoms with Crippen LogP contribution < -0.4 is 10.6 Å². The van der Waals surface area contributed by atoms with E-state index in [-0.39, 0.29) is 11.0 Å². The molecule has 0 spiro atoms. The average Bonchev–Trinajstić information content (AvgIpc) is 3.18. The second kappa shape index (κ2) is 10.7. The third kappa shape index (κ3) is 6.05. The molecule has 2 N–H and O–H groups in total. The molecule has 0 bridgehead atoms. The van der Waals surface area contributed by atoms with Gasteiger partial charge in [0, 0.05) is 12.0 Å². The first-order chi connectivity index (χ1) is 14.9. The number of nitrogens with zero attached hydrogens (tertiary/aromatic N) is 1. The first-order valence-electron chi connectivity index (χ1n) is 10.7. The Kier molecular flexibility index (Phi) is 8.04. The molecular weight excluding hydrogens is 430 g/mol. The Hall–Kier alpha value is -2.44. The summed E-state index contributed by atoms with van der Waals surface area (Å²) in [4.78, 5) is 16.7. The van der Waals surface area contributed by atoms with Gasteiger partial charge in [-0.1, -0.05) is 51.3 Å². The molecule has 31 heavy (non-hydrogen) atoms. The minimum absolute atomic E-state index is 0.103. The van der Waals surface area contributed by atoms with Crippen molar-refractivity contribution in [3.8, 4) is 11.5 Å². The zero-order valence-corrected chi connectivity index (χ0v) is 19.7. The van der Waals surface area contributed by atoms with E-state index >= 15 is 0 Å². The van der Waals surface area contributed by atoms with E-state index in [0.717, 1.165) is 42.3 Å². The van der Waals surface area contributed by atoms with Crippen molar-refractivity contribution in [2.45, 2.75) is 58.8 Å². The number of nitrogens with one attached hydrogen (secondary N) is 2. The predicted octanol–water partition coefficient (Wildman–Crippen LogP) is 7.06. The van der Waals surface area contributed by atoms with Gasteiger partial charge in [0.1, 0.15) is 5.52 Å². The van der Waals surface area contributed by atoms with Crippen LogP contribution in [0.3, 0.4) is 0 Å². The first-order valence-corrected chi connectivity index (χ1v) is 11.5. The highest BCUT2D eigenvalue weighted by atomic mass is 35.5. The Morgan fingerprint density at radius 2 is 2.00 bits per heavy atom. The van der Waals surface area contributed by atoms with Crippen molar-refractivity contribution in [1.82, 2.24) is 10.3 Å². The number of anilines is 1. The van der Waals surface area contributed by atoms with Crippen molar-refractivity contribution in [3.63, 3.8) is 0 Å². The standard InChI is InChI=1S/C24H28ClN3O2S/c1-4-6-7-8-22(29)28-24(31)27-19-14-17(9-11-18(19)25)23-26-20-13-16(15(3)5-2)10-12-21(20)30-23/h9-15H,4-8H2,1-3H3,(H2,27,28,29,31). The number of oxazole rings is 1. The van der Waals surface area contributed by atoms with E-state index in [2.05, 4.69) is 48.5 Å². The van der Waals surface area contributed by atoms with Gasteiger partial charge in [-0.05, 0) is 66.9 Å². The molecule has 2 aromatic carbocycles. The summed E-state index contributed by atoms with van der Waals surface area (Å²) in [5, 5.41) is 6.41. The van der Waals surface area contributed by atoms with Gasteiger partial charge in [-0.15, -0.1) is 0 Å². The van der Waals surface area contributed by atoms with Crippen LogP contribution in [0.4, 0.5) is 5.69 Å². The summed E-state index contributed by atoms with van der Waals surface area (Å²) < 4.78 is 5.96. The van der Waals surface area contributed by atoms with E-state index in [1.165, 1.54) is 5.56 Å². The Balaban J connectivity index is 1.76. The van der Waals surface area contributed by atoms with Crippen molar-refractivity contribution >= 4 is 51.6 Å². The molecular formula is C24H28ClN3O2S. The fourth-order valence-electron chi connectivity index (χ4n) is 3.24. The number of rotatable bonds is 8. The molecule has 3 rings (SSSR count). The monoisotopic (exact) mass is 457 g/mol. The predicted molar refractivity (Wildman–Crippen MR) is 132 cm³/mol. The van der Waals surface area contributed by atoms with Crippen LogP contribution in [0.2, 0.25) is 5.02 Å². The molecule has 164 valence electrons. The number of hydrogen-bond donors (Lipinski definition) is 2. The second-order valence-corrected chi connectivity index (χ2v) is 8.52. The van der Waals surface area contributed by atoms with Gasteiger partial charge in [-0.3, -0.25) is 4.79 Å². The van der Waals surface area contributed by atoms with Gasteiger partial charge in [0.2, 0.25) is 11.8 Å². The molecule has 0 aliphatic carbocycles. The number of carbonyl (C=O) groups excluding carboxylic acids is 1. The SMILES string of the molecule is CCCCCC(=O)NC(=S)Nc1cc(-c2nc3cc(C(C)CC)ccc3o2)ccc1Cl. The highest BCUT2D eigenvalue weighted by Crippen LogP contribution is 2.31. The lowest BCUT2D eigenvalue weighted by molar-refractivity contribution is -0.119. The van der Waals surface area contributed by atoms with Gasteiger partial charge < -0.3 is 15.1 Å². The van der Waals surface area contributed by atoms with Crippen LogP contribution in [0.15, 0.2) is 40.8 Å². The summed E-state index contributed by atoms with van der Waals surface area (Å²) in [5.41, 5.74) is 4.16. The number of aromatic nitrogens is 1. The number of amides is 1. The lowest BCUT2D eigenvalue weighted by Crippen LogP contribution is -2.34. The lowest BCUT2D eigenvalue weighted by atomic mass is 9.98. The maximum Gasteiger partial charge on any atom is 0.227 e. The van der Waals surface area contributed by atoms with Crippen LogP contribution in [-0.2, 0) is 4.79 Å². The molecule has 0 saturated carbocycles. The third-order valence-electron chi connectivity index (χ3n) is 5.31. The Bertz CT molecular complexity index is 1080. The van der Waals surface area contributed by atoms with Gasteiger partial charge >= 0.3 is 0 Å². The normalized spacial score (nSPS) is 12.0. The van der Waals surface area contributed by atoms with Crippen molar-refractivity contribution in [3.05, 3.63) is 47.0 Å². The van der Waals surface area contributed by atoms with E-state index in [9.17, 15) is 4.79 Å². The topological polar surface area (TPSA) is 67.2 Å². The molecule has 1 aromatic heterocycles. The fraction of sp³-hybridized carbons (Fsp3) is 0.375. The van der Waals surface area contributed by atoms with Crippen molar-refractivity contribution in [1.29, 1.82) is 0 Å². The number of unbranched alkanes of at least 4 members (excludes halogenated alkanes) is 2. The van der Waals surface area contributed by atoms with Gasteiger partial charge in [0.15, 0.2) is 10.7 Å². The molecule has 1 unspecified atom stereocenters. The van der Waals surface area contributed by atoms with E-state index in [1.807, 2.05) is 18.2 Å². The van der Waals surface area contributed by atoms with E-state index < -0.39 is 0 Å². The average molecular weight is 458 g/mol. The van der Waals surface area contributed by atoms with Crippen molar-refractivity contribution in [2.24, 2.45) is 0 Å². The molecule has 0 aliphatic rings. The molecule has 1 atom stereocenters. The summed E-state index contributed by atoms with van der Waals surface area (Å²) in [6, 6.07) is 11.5. The van der Waals surface area contributed by atoms with E-state index in [1.54, 1.807) is 6.07 Å². The van der Waals surface area contributed by atoms with Crippen LogP contribution in [-0.4, -0.2) is 16.0 Å². The van der Waals surface area contributed by atoms with E-state index in [4.69, 9.17) is 28.2 Å². The maximum atomic E-state index is 12.0. The number of hydrogen-bond acceptors (Lipinski definition) is 4. The quantitative estimate of drug-likeness (QED) is 0.280. The number of fused-ring (bicyclic) bond motifs is 1. The lowest BCUT2D eigenvalue weighted by Gasteiger charge is -2.11. The van der Waals surface area contributed by atoms with Crippen molar-refractivity contribution in [2.75, 3.05) is 5.32 Å². The zero-order valence-electron chi connectivity index (χ0n) is 18.1. The fourth-order valence-corrected chi connectivity index (χ4v) is 3.63. The molecule has 5 nitrogen and oxygen atoms in total. The summed E-state index contributed by atoms with van der Waals surface area (Å²) >= 11 is 11.6. The summed E-state index contributed by atoms with van der Waals surface area (Å²) in [6.45, 7) is 6.47. The largest absolute Gasteiger partial charge is 0.436 e. The highest BCUT2D eigenvalue weighted by molar-refractivity contribution is 7.80. The first kappa shape index (κ1) is 23.2. The molecule has 1 amide bonds. The molecule has 3 aromatic rings. The van der Waals surface area contributed by atoms with Crippen LogP contribution in [0.25, 0.3) is 22.6 Å². The molecule has 0 fully saturated rings. The summed E-state index contributed by atoms with van der Waals surface area (Å²) in [5.74, 6) is 0.869. The smallest absolute Gasteiger partial charge is 0.227 e. The molecule has 0 radical (unpaired) electrons. The van der Waals surface area contributed by atoms with Gasteiger partial charge in [0.05, 0.1) is 10.7 Å². The number of carbonyl (C=O) groups is 1. The molecule has 0 saturated heterocycles. The van der Waals surface area contributed by atoms with Crippen LogP contribution >= 0.6 is 23.8 Å². The molecule has 7 heteroatoms. The maximum absolute atomic E-state index is 12.0. The Morgan fingerprint density at radius 3 is 2.74 bits per heavy atom.